The molecule has 4 heterocycles. The van der Waals surface area contributed by atoms with Gasteiger partial charge in [-0.3, -0.25) is 33.9 Å². The second-order valence-electron chi connectivity index (χ2n) is 21.3. The molecule has 0 unspecified atom stereocenters. The molecule has 6 N–H and O–H groups in total. The fraction of sp³-hybridized carbons (Fsp3) is 0.630. The minimum absolute atomic E-state index is 0.0990. The number of amides is 1. The zero-order chi connectivity index (χ0) is 76.2. The van der Waals surface area contributed by atoms with E-state index in [4.69, 9.17) is 29.2 Å². The summed E-state index contributed by atoms with van der Waals surface area (Å²) < 4.78 is 129. The molecule has 2 aliphatic heterocycles. The lowest BCUT2D eigenvalue weighted by Crippen LogP contribution is -2.41. The van der Waals surface area contributed by atoms with Crippen molar-refractivity contribution >= 4 is 134 Å². The number of nitrogens with two attached hydrogens (primary N) is 1. The SMILES string of the molecule is CC(=O)O[C@@H](C)C(=O)OO[C@@H](C)C(=O)OO[C@@H](C)C(=O)OO[C@@H](C)C(=O)OO[C@@H](C)C(=O)O.CCN[C@H]1C[C@H](C)S(=O)(=O)c2sc(S(=O)(=O)NC(=O)[C@H](C)OC(=O)[C@H](C)OC(=O)[C@H](C)OC(=O)[C@H](C)OC(=O)[C@H](C)OC(C)=O)cc21.CCN[C@H]1C[C@H](C)S(=O)(=O)c2sc(S(N)(=O)=O)cc21. The number of fused-ring (bicyclic) bond motifs is 2. The molecule has 1 amide bonds. The Morgan fingerprint density at radius 3 is 1.07 bits per heavy atom. The van der Waals surface area contributed by atoms with E-state index in [1.54, 1.807) is 11.6 Å². The van der Waals surface area contributed by atoms with Crippen molar-refractivity contribution in [3.05, 3.63) is 23.3 Å². The quantitative estimate of drug-likeness (QED) is 0.0297. The number of sulfonamides is 2. The summed E-state index contributed by atoms with van der Waals surface area (Å²) in [6.07, 6.45) is -14.4. The van der Waals surface area contributed by atoms with E-state index >= 15 is 0 Å². The number of thiophene rings is 2. The third-order valence-corrected chi connectivity index (χ3v) is 23.9. The van der Waals surface area contributed by atoms with E-state index in [1.165, 1.54) is 32.9 Å². The van der Waals surface area contributed by atoms with Gasteiger partial charge in [0.05, 0.1) is 10.5 Å². The minimum Gasteiger partial charge on any atom is -0.479 e. The molecule has 0 radical (unpaired) electrons. The number of sulfone groups is 2. The van der Waals surface area contributed by atoms with Crippen molar-refractivity contribution < 1.29 is 164 Å². The van der Waals surface area contributed by atoms with Gasteiger partial charge in [-0.05, 0) is 121 Å². The number of hydrogen-bond acceptors (Lipinski definition) is 38. The molecule has 39 nitrogen and oxygen atoms in total. The molecule has 0 bridgehead atoms. The summed E-state index contributed by atoms with van der Waals surface area (Å²) in [5, 5.41) is 18.7. The predicted molar refractivity (Wildman–Crippen MR) is 330 cm³/mol. The van der Waals surface area contributed by atoms with Gasteiger partial charge < -0.3 is 44.2 Å². The fourth-order valence-electron chi connectivity index (χ4n) is 7.40. The number of aliphatic carboxylic acids is 1. The molecule has 560 valence electrons. The van der Waals surface area contributed by atoms with Gasteiger partial charge in [-0.25, -0.2) is 86.7 Å². The molecule has 0 fully saturated rings. The molecule has 2 aliphatic rings. The van der Waals surface area contributed by atoms with E-state index in [0.717, 1.165) is 80.6 Å². The van der Waals surface area contributed by atoms with Crippen molar-refractivity contribution in [1.82, 2.24) is 15.4 Å². The van der Waals surface area contributed by atoms with Crippen molar-refractivity contribution in [2.45, 2.75) is 224 Å². The Labute approximate surface area is 575 Å². The normalized spacial score (nSPS) is 19.6. The molecule has 0 saturated heterocycles. The van der Waals surface area contributed by atoms with Crippen molar-refractivity contribution in [1.29, 1.82) is 0 Å². The van der Waals surface area contributed by atoms with Crippen LogP contribution in [0.1, 0.15) is 147 Å². The topological polar surface area (TPSA) is 553 Å². The molecular formula is C54H78N4O35S6. The Hall–Kier alpha value is -7.44. The number of carboxylic acids is 1. The maximum atomic E-state index is 13.0. The monoisotopic (exact) mass is 1530 g/mol. The Bertz CT molecular complexity index is 3740. The fourth-order valence-corrected chi connectivity index (χ4v) is 16.9. The molecule has 2 aromatic rings. The van der Waals surface area contributed by atoms with Crippen LogP contribution in [-0.4, -0.2) is 195 Å². The molecule has 0 aliphatic carbocycles. The number of rotatable bonds is 31. The van der Waals surface area contributed by atoms with Gasteiger partial charge >= 0.3 is 65.7 Å². The zero-order valence-corrected chi connectivity index (χ0v) is 60.8. The number of carbonyl (C=O) groups is 12. The van der Waals surface area contributed by atoms with Gasteiger partial charge in [-0.1, -0.05) is 13.8 Å². The van der Waals surface area contributed by atoms with Crippen LogP contribution in [0.2, 0.25) is 0 Å². The van der Waals surface area contributed by atoms with Crippen LogP contribution < -0.4 is 20.5 Å². The van der Waals surface area contributed by atoms with Crippen LogP contribution in [0.3, 0.4) is 0 Å². The van der Waals surface area contributed by atoms with Crippen molar-refractivity contribution in [3.8, 4) is 0 Å². The molecule has 14 atom stereocenters. The minimum atomic E-state index is -4.58. The summed E-state index contributed by atoms with van der Waals surface area (Å²) in [6, 6.07) is 2.01. The predicted octanol–water partition coefficient (Wildman–Crippen LogP) is 0.536. The van der Waals surface area contributed by atoms with Crippen LogP contribution in [-0.2, 0) is 165 Å². The summed E-state index contributed by atoms with van der Waals surface area (Å²) in [5.41, 5.74) is 0.802. The first-order valence-electron chi connectivity index (χ1n) is 29.2. The first kappa shape index (κ1) is 87.6. The molecule has 2 aromatic heterocycles. The standard InChI is InChI=1S/C27H38N2O15S3.C17H24O16.C10H16N2O4S3/c1-9-28-20-10-12(2)46(36,37)27-19(20)11-21(45-27)47(38,39)29-22(31)13(3)41-24(33)15(5)43-26(35)17(7)44-25(34)16(6)42-23(32)14(4)40-18(8)30;1-7(13(19)20)26-31-15(22)9(3)28-33-17(24)11(5)29-32-16(23)10(4)27-30-14(21)8(2)25-12(6)18;1-3-12-8-4-6(2)18(13,14)10-7(8)5-9(17-10)19(11,15)16/h11-17,20,28H,9-10H2,1-8H3,(H,29,31);7-11H,1-6H3,(H,19,20);5-6,8,12H,3-4H2,1-2H3,(H2,11,15,16)/t12-,13-,14-,15-,16-,17-,20-;7-,8-,9-,10-,11-;6-,8-/m000/s1. The lowest BCUT2D eigenvalue weighted by Gasteiger charge is -2.27. The van der Waals surface area contributed by atoms with E-state index in [2.05, 4.69) is 59.2 Å². The molecular weight excluding hydrogens is 1460 g/mol. The number of nitrogens with one attached hydrogen (secondary N) is 3. The largest absolute Gasteiger partial charge is 0.479 e. The van der Waals surface area contributed by atoms with E-state index in [1.807, 2.05) is 13.8 Å². The number of ether oxygens (including phenoxy) is 6. The van der Waals surface area contributed by atoms with Crippen LogP contribution in [0.4, 0.5) is 0 Å². The van der Waals surface area contributed by atoms with Gasteiger partial charge in [-0.15, -0.1) is 22.7 Å². The maximum absolute atomic E-state index is 13.0. The van der Waals surface area contributed by atoms with Gasteiger partial charge in [0.25, 0.3) is 15.9 Å². The maximum Gasteiger partial charge on any atom is 0.382 e. The lowest BCUT2D eigenvalue weighted by molar-refractivity contribution is -0.345. The number of primary sulfonamides is 1. The van der Waals surface area contributed by atoms with E-state index < -0.39 is 193 Å². The third-order valence-electron chi connectivity index (χ3n) is 12.9. The van der Waals surface area contributed by atoms with Crippen LogP contribution in [0.25, 0.3) is 0 Å². The zero-order valence-electron chi connectivity index (χ0n) is 55.9. The smallest absolute Gasteiger partial charge is 0.382 e. The van der Waals surface area contributed by atoms with Gasteiger partial charge in [0.15, 0.2) is 62.4 Å². The average molecular weight is 1540 g/mol. The van der Waals surface area contributed by atoms with Gasteiger partial charge in [0, 0.05) is 37.1 Å². The van der Waals surface area contributed by atoms with Crippen molar-refractivity contribution in [3.63, 3.8) is 0 Å². The highest BCUT2D eigenvalue weighted by molar-refractivity contribution is 7.96. The van der Waals surface area contributed by atoms with Crippen LogP contribution in [0, 0.1) is 0 Å². The van der Waals surface area contributed by atoms with E-state index in [-0.39, 0.29) is 30.7 Å². The highest BCUT2D eigenvalue weighted by Crippen LogP contribution is 2.44. The number of hydrogen-bond donors (Lipinski definition) is 5. The van der Waals surface area contributed by atoms with Crippen molar-refractivity contribution in [2.75, 3.05) is 13.1 Å². The summed E-state index contributed by atoms with van der Waals surface area (Å²) in [7, 11) is -15.7. The second-order valence-corrected chi connectivity index (χ2v) is 32.2. The number of esters is 6. The van der Waals surface area contributed by atoms with E-state index in [0.29, 0.717) is 36.4 Å². The number of carboxylic acid groups (broad SMARTS) is 1. The van der Waals surface area contributed by atoms with Crippen LogP contribution in [0.5, 0.6) is 0 Å². The summed E-state index contributed by atoms with van der Waals surface area (Å²) in [5.74, 6) is -13.6. The Morgan fingerprint density at radius 1 is 0.475 bits per heavy atom. The Morgan fingerprint density at radius 2 is 0.758 bits per heavy atom. The summed E-state index contributed by atoms with van der Waals surface area (Å²) in [4.78, 5) is 175. The molecule has 0 aromatic carbocycles. The molecule has 45 heteroatoms. The van der Waals surface area contributed by atoms with Crippen molar-refractivity contribution in [2.24, 2.45) is 5.14 Å². The molecule has 0 saturated carbocycles. The van der Waals surface area contributed by atoms with Gasteiger partial charge in [-0.2, -0.15) is 19.6 Å². The van der Waals surface area contributed by atoms with Crippen LogP contribution in [0.15, 0.2) is 29.0 Å². The summed E-state index contributed by atoms with van der Waals surface area (Å²) in [6.45, 7) is 21.4. The van der Waals surface area contributed by atoms with Crippen LogP contribution >= 0.6 is 22.7 Å². The third kappa shape index (κ3) is 26.5. The number of carbonyl (C=O) groups excluding carboxylic acids is 11. The highest BCUT2D eigenvalue weighted by atomic mass is 32.3. The highest BCUT2D eigenvalue weighted by Gasteiger charge is 2.42. The Balaban J connectivity index is 0.000000553. The van der Waals surface area contributed by atoms with E-state index in [9.17, 15) is 91.2 Å². The van der Waals surface area contributed by atoms with Gasteiger partial charge in [0.2, 0.25) is 28.3 Å². The first-order valence-corrected chi connectivity index (χ1v) is 37.0. The molecule has 99 heavy (non-hydrogen) atoms. The second kappa shape index (κ2) is 38.4. The summed E-state index contributed by atoms with van der Waals surface area (Å²) >= 11 is 1.24. The average Bonchev–Trinajstić information content (AvgIpc) is 1.64. The molecule has 0 spiro atoms. The first-order chi connectivity index (χ1) is 45.5. The lowest BCUT2D eigenvalue weighted by atomic mass is 10.1. The van der Waals surface area contributed by atoms with Gasteiger partial charge in [0.1, 0.15) is 16.8 Å². The Kier molecular flexibility index (Phi) is 34.0. The molecule has 4 rings (SSSR count).